The molecule has 1 aromatic carbocycles. The molecule has 0 atom stereocenters. The second kappa shape index (κ2) is 8.80. The molecule has 0 saturated heterocycles. The molecule has 3 aromatic heterocycles. The normalized spacial score (nSPS) is 13.8. The number of carbonyl (C=O) groups is 2. The maximum atomic E-state index is 12.3. The molecule has 1 amide bonds. The first-order chi connectivity index (χ1) is 16.4. The van der Waals surface area contributed by atoms with Gasteiger partial charge in [-0.1, -0.05) is 47.9 Å². The second-order valence-corrected chi connectivity index (χ2v) is 10.4. The van der Waals surface area contributed by atoms with Crippen LogP contribution in [0.5, 0.6) is 0 Å². The summed E-state index contributed by atoms with van der Waals surface area (Å²) in [6, 6.07) is 11.3. The van der Waals surface area contributed by atoms with E-state index in [1.807, 2.05) is 36.4 Å². The third kappa shape index (κ3) is 4.16. The molecule has 1 aliphatic carbocycles. The van der Waals surface area contributed by atoms with E-state index < -0.39 is 17.5 Å². The third-order valence-corrected chi connectivity index (χ3v) is 8.76. The fraction of sp³-hybridized carbons (Fsp3) is 0.208. The molecule has 34 heavy (non-hydrogen) atoms. The summed E-state index contributed by atoms with van der Waals surface area (Å²) in [5.74, 6) is 5.73. The lowest BCUT2D eigenvalue weighted by atomic mass is 10.1. The van der Waals surface area contributed by atoms with Crippen molar-refractivity contribution in [3.05, 3.63) is 68.5 Å². The highest BCUT2D eigenvalue weighted by Gasteiger charge is 2.53. The maximum absolute atomic E-state index is 12.3. The van der Waals surface area contributed by atoms with Crippen LogP contribution in [0, 0.1) is 11.8 Å². The van der Waals surface area contributed by atoms with Gasteiger partial charge in [0.2, 0.25) is 0 Å². The number of amides is 1. The van der Waals surface area contributed by atoms with Crippen molar-refractivity contribution in [1.82, 2.24) is 9.78 Å². The standard InChI is InChI=1S/C24H18ClN3O4S2/c1-28-21(27-23(31)32-13-14-5-3-2-4-6-14)15(12-26-28)7-8-16-19(25)20-17(33-16)11-18(34-20)24(9-10-24)22(29)30/h2-6,11-12H,9-10,13H2,1H3,(H,27,31)(H,29,30). The summed E-state index contributed by atoms with van der Waals surface area (Å²) in [5, 5.41) is 16.9. The smallest absolute Gasteiger partial charge is 0.413 e. The monoisotopic (exact) mass is 511 g/mol. The predicted molar refractivity (Wildman–Crippen MR) is 133 cm³/mol. The average Bonchev–Trinajstić information content (AvgIpc) is 3.32. The number of aromatic nitrogens is 2. The van der Waals surface area contributed by atoms with Crippen molar-refractivity contribution in [3.63, 3.8) is 0 Å². The van der Waals surface area contributed by atoms with Gasteiger partial charge in [0, 0.05) is 16.6 Å². The molecular formula is C24H18ClN3O4S2. The zero-order chi connectivity index (χ0) is 23.9. The topological polar surface area (TPSA) is 93.5 Å². The van der Waals surface area contributed by atoms with Crippen LogP contribution in [0.15, 0.2) is 42.6 Å². The Morgan fingerprint density at radius 3 is 2.71 bits per heavy atom. The summed E-state index contributed by atoms with van der Waals surface area (Å²) >= 11 is 9.42. The van der Waals surface area contributed by atoms with E-state index in [0.717, 1.165) is 19.8 Å². The van der Waals surface area contributed by atoms with Crippen LogP contribution in [0.1, 0.15) is 33.7 Å². The van der Waals surface area contributed by atoms with Crippen LogP contribution in [0.3, 0.4) is 0 Å². The quantitative estimate of drug-likeness (QED) is 0.339. The molecule has 5 rings (SSSR count). The summed E-state index contributed by atoms with van der Waals surface area (Å²) in [5.41, 5.74) is 0.661. The van der Waals surface area contributed by atoms with E-state index in [1.54, 1.807) is 13.2 Å². The molecule has 0 aliphatic heterocycles. The Balaban J connectivity index is 1.33. The zero-order valence-electron chi connectivity index (χ0n) is 17.9. The number of benzene rings is 1. The van der Waals surface area contributed by atoms with Gasteiger partial charge in [-0.25, -0.2) is 4.79 Å². The van der Waals surface area contributed by atoms with Crippen molar-refractivity contribution in [1.29, 1.82) is 0 Å². The van der Waals surface area contributed by atoms with E-state index in [2.05, 4.69) is 22.3 Å². The Labute approximate surface area is 207 Å². The van der Waals surface area contributed by atoms with Crippen LogP contribution in [0.4, 0.5) is 10.6 Å². The summed E-state index contributed by atoms with van der Waals surface area (Å²) in [7, 11) is 1.70. The molecule has 1 aliphatic rings. The van der Waals surface area contributed by atoms with Gasteiger partial charge in [0.25, 0.3) is 0 Å². The summed E-state index contributed by atoms with van der Waals surface area (Å²) in [6.45, 7) is 0.151. The molecule has 1 fully saturated rings. The molecule has 2 N–H and O–H groups in total. The minimum Gasteiger partial charge on any atom is -0.481 e. The summed E-state index contributed by atoms with van der Waals surface area (Å²) < 4.78 is 8.57. The van der Waals surface area contributed by atoms with E-state index in [4.69, 9.17) is 16.3 Å². The van der Waals surface area contributed by atoms with Gasteiger partial charge in [-0.15, -0.1) is 22.7 Å². The van der Waals surface area contributed by atoms with Crippen LogP contribution in [0.2, 0.25) is 5.02 Å². The number of carboxylic acid groups (broad SMARTS) is 1. The van der Waals surface area contributed by atoms with Gasteiger partial charge in [-0.2, -0.15) is 5.10 Å². The largest absolute Gasteiger partial charge is 0.481 e. The number of anilines is 1. The zero-order valence-corrected chi connectivity index (χ0v) is 20.3. The Morgan fingerprint density at radius 2 is 2.03 bits per heavy atom. The fourth-order valence-corrected chi connectivity index (χ4v) is 6.47. The Hall–Kier alpha value is -3.32. The first kappa shape index (κ1) is 22.5. The summed E-state index contributed by atoms with van der Waals surface area (Å²) in [6.07, 6.45) is 2.27. The molecular weight excluding hydrogens is 494 g/mol. The highest BCUT2D eigenvalue weighted by atomic mass is 35.5. The SMILES string of the molecule is Cn1ncc(C#Cc2sc3cc(C4(C(=O)O)CC4)sc3c2Cl)c1NC(=O)OCc1ccccc1. The molecule has 4 aromatic rings. The van der Waals surface area contributed by atoms with E-state index >= 15 is 0 Å². The van der Waals surface area contributed by atoms with Crippen molar-refractivity contribution in [3.8, 4) is 11.8 Å². The minimum absolute atomic E-state index is 0.151. The van der Waals surface area contributed by atoms with Crippen LogP contribution in [0.25, 0.3) is 9.40 Å². The lowest BCUT2D eigenvalue weighted by Gasteiger charge is -2.07. The van der Waals surface area contributed by atoms with Crippen molar-refractivity contribution in [2.45, 2.75) is 24.9 Å². The predicted octanol–water partition coefficient (Wildman–Crippen LogP) is 5.61. The molecule has 172 valence electrons. The highest BCUT2D eigenvalue weighted by Crippen LogP contribution is 2.54. The average molecular weight is 512 g/mol. The maximum Gasteiger partial charge on any atom is 0.413 e. The first-order valence-corrected chi connectivity index (χ1v) is 12.4. The molecule has 3 heterocycles. The Bertz CT molecular complexity index is 1470. The second-order valence-electron chi connectivity index (χ2n) is 7.90. The van der Waals surface area contributed by atoms with Crippen molar-refractivity contribution < 1.29 is 19.4 Å². The molecule has 0 radical (unpaired) electrons. The van der Waals surface area contributed by atoms with Gasteiger partial charge < -0.3 is 9.84 Å². The highest BCUT2D eigenvalue weighted by molar-refractivity contribution is 7.29. The number of halogens is 1. The van der Waals surface area contributed by atoms with Gasteiger partial charge in [-0.05, 0) is 30.4 Å². The van der Waals surface area contributed by atoms with Gasteiger partial charge in [0.05, 0.1) is 26.4 Å². The van der Waals surface area contributed by atoms with E-state index in [9.17, 15) is 14.7 Å². The van der Waals surface area contributed by atoms with Crippen LogP contribution >= 0.6 is 34.3 Å². The number of thiophene rings is 2. The number of nitrogens with one attached hydrogen (secondary N) is 1. The van der Waals surface area contributed by atoms with E-state index in [1.165, 1.54) is 27.4 Å². The first-order valence-electron chi connectivity index (χ1n) is 10.3. The number of hydrogen-bond donors (Lipinski definition) is 2. The third-order valence-electron chi connectivity index (χ3n) is 5.62. The van der Waals surface area contributed by atoms with Crippen molar-refractivity contribution in [2.75, 3.05) is 5.32 Å². The fourth-order valence-electron chi connectivity index (χ4n) is 3.53. The molecule has 0 unspecified atom stereocenters. The minimum atomic E-state index is -0.781. The number of carbonyl (C=O) groups excluding carboxylic acids is 1. The molecule has 0 bridgehead atoms. The molecule has 1 saturated carbocycles. The number of hydrogen-bond acceptors (Lipinski definition) is 6. The number of rotatable bonds is 5. The number of carboxylic acids is 1. The van der Waals surface area contributed by atoms with Gasteiger partial charge in [-0.3, -0.25) is 14.8 Å². The lowest BCUT2D eigenvalue weighted by Crippen LogP contribution is -2.17. The summed E-state index contributed by atoms with van der Waals surface area (Å²) in [4.78, 5) is 25.4. The van der Waals surface area contributed by atoms with Crippen molar-refractivity contribution >= 4 is 61.6 Å². The van der Waals surface area contributed by atoms with Crippen LogP contribution in [-0.4, -0.2) is 26.9 Å². The Kier molecular flexibility index (Phi) is 5.81. The van der Waals surface area contributed by atoms with Gasteiger partial charge >= 0.3 is 12.1 Å². The number of ether oxygens (including phenoxy) is 1. The van der Waals surface area contributed by atoms with Gasteiger partial charge in [0.1, 0.15) is 17.8 Å². The molecule has 10 heteroatoms. The number of aliphatic carboxylic acids is 1. The molecule has 0 spiro atoms. The Morgan fingerprint density at radius 1 is 1.26 bits per heavy atom. The van der Waals surface area contributed by atoms with Crippen LogP contribution in [-0.2, 0) is 28.6 Å². The molecule has 7 nitrogen and oxygen atoms in total. The van der Waals surface area contributed by atoms with E-state index in [-0.39, 0.29) is 6.61 Å². The number of nitrogens with zero attached hydrogens (tertiary/aromatic N) is 2. The van der Waals surface area contributed by atoms with Gasteiger partial charge in [0.15, 0.2) is 0 Å². The van der Waals surface area contributed by atoms with Crippen molar-refractivity contribution in [2.24, 2.45) is 7.05 Å². The lowest BCUT2D eigenvalue weighted by molar-refractivity contribution is -0.139. The number of aryl methyl sites for hydroxylation is 1. The van der Waals surface area contributed by atoms with E-state index in [0.29, 0.717) is 34.1 Å². The number of fused-ring (bicyclic) bond motifs is 1. The van der Waals surface area contributed by atoms with Crippen LogP contribution < -0.4 is 5.32 Å².